The van der Waals surface area contributed by atoms with Crippen molar-refractivity contribution < 1.29 is 14.3 Å². The van der Waals surface area contributed by atoms with Crippen LogP contribution in [0.15, 0.2) is 53.4 Å². The fraction of sp³-hybridized carbons (Fsp3) is 0.263. The van der Waals surface area contributed by atoms with Crippen LogP contribution in [0.3, 0.4) is 0 Å². The highest BCUT2D eigenvalue weighted by atomic mass is 32.2. The lowest BCUT2D eigenvalue weighted by Gasteiger charge is -2.09. The molecule has 4 nitrogen and oxygen atoms in total. The first-order valence-corrected chi connectivity index (χ1v) is 8.71. The van der Waals surface area contributed by atoms with E-state index >= 15 is 0 Å². The molecule has 24 heavy (non-hydrogen) atoms. The van der Waals surface area contributed by atoms with Gasteiger partial charge in [-0.2, -0.15) is 0 Å². The highest BCUT2D eigenvalue weighted by molar-refractivity contribution is 8.00. The third-order valence-electron chi connectivity index (χ3n) is 3.63. The number of thioether (sulfide) groups is 1. The summed E-state index contributed by atoms with van der Waals surface area (Å²) in [5.41, 5.74) is 2.95. The van der Waals surface area contributed by atoms with Crippen LogP contribution in [-0.4, -0.2) is 31.3 Å². The second kappa shape index (κ2) is 9.13. The van der Waals surface area contributed by atoms with Crippen LogP contribution in [-0.2, 0) is 16.0 Å². The maximum Gasteiger partial charge on any atom is 0.338 e. The normalized spacial score (nSPS) is 10.2. The van der Waals surface area contributed by atoms with E-state index in [1.165, 1.54) is 30.0 Å². The predicted molar refractivity (Wildman–Crippen MR) is 96.4 cm³/mol. The van der Waals surface area contributed by atoms with Gasteiger partial charge in [-0.1, -0.05) is 36.4 Å². The molecule has 0 saturated heterocycles. The number of nitrogens with one attached hydrogen (secondary N) is 1. The van der Waals surface area contributed by atoms with E-state index in [1.807, 2.05) is 24.3 Å². The highest BCUT2D eigenvalue weighted by Crippen LogP contribution is 2.23. The Morgan fingerprint density at radius 1 is 1.08 bits per heavy atom. The van der Waals surface area contributed by atoms with Gasteiger partial charge in [0.25, 0.3) is 0 Å². The van der Waals surface area contributed by atoms with Crippen LogP contribution in [0.4, 0.5) is 0 Å². The van der Waals surface area contributed by atoms with Crippen molar-refractivity contribution in [2.45, 2.75) is 18.2 Å². The minimum Gasteiger partial charge on any atom is -0.465 e. The quantitative estimate of drug-likeness (QED) is 0.619. The van der Waals surface area contributed by atoms with Crippen LogP contribution in [0, 0.1) is 6.92 Å². The molecule has 2 rings (SSSR count). The van der Waals surface area contributed by atoms with Gasteiger partial charge in [-0.3, -0.25) is 4.79 Å². The van der Waals surface area contributed by atoms with Crippen LogP contribution in [0.25, 0.3) is 0 Å². The van der Waals surface area contributed by atoms with Gasteiger partial charge in [0.2, 0.25) is 5.91 Å². The van der Waals surface area contributed by atoms with Crippen LogP contribution in [0.1, 0.15) is 21.5 Å². The Labute approximate surface area is 146 Å². The molecule has 0 radical (unpaired) electrons. The third-order valence-corrected chi connectivity index (χ3v) is 4.70. The summed E-state index contributed by atoms with van der Waals surface area (Å²) in [6.45, 7) is 2.67. The molecule has 0 heterocycles. The maximum atomic E-state index is 12.0. The van der Waals surface area contributed by atoms with Crippen molar-refractivity contribution in [3.05, 3.63) is 65.2 Å². The van der Waals surface area contributed by atoms with E-state index < -0.39 is 5.97 Å². The molecule has 0 fully saturated rings. The molecule has 0 aliphatic heterocycles. The summed E-state index contributed by atoms with van der Waals surface area (Å²) in [4.78, 5) is 24.4. The summed E-state index contributed by atoms with van der Waals surface area (Å²) in [5.74, 6) is -0.173. The number of aryl methyl sites for hydroxylation is 1. The number of carbonyl (C=O) groups excluding carboxylic acids is 2. The van der Waals surface area contributed by atoms with Crippen LogP contribution >= 0.6 is 11.8 Å². The van der Waals surface area contributed by atoms with Crippen molar-refractivity contribution in [2.75, 3.05) is 19.4 Å². The van der Waals surface area contributed by atoms with Crippen molar-refractivity contribution in [1.82, 2.24) is 5.32 Å². The Hall–Kier alpha value is -2.27. The lowest BCUT2D eigenvalue weighted by Crippen LogP contribution is -2.27. The molecule has 1 N–H and O–H groups in total. The van der Waals surface area contributed by atoms with E-state index in [-0.39, 0.29) is 11.7 Å². The van der Waals surface area contributed by atoms with Gasteiger partial charge in [-0.05, 0) is 36.6 Å². The lowest BCUT2D eigenvalue weighted by atomic mass is 10.1. The zero-order valence-corrected chi connectivity index (χ0v) is 14.7. The Kier molecular flexibility index (Phi) is 6.88. The summed E-state index contributed by atoms with van der Waals surface area (Å²) in [5, 5.41) is 2.92. The van der Waals surface area contributed by atoms with Gasteiger partial charge in [0, 0.05) is 11.4 Å². The zero-order valence-electron chi connectivity index (χ0n) is 13.9. The van der Waals surface area contributed by atoms with Crippen molar-refractivity contribution in [3.8, 4) is 0 Å². The highest BCUT2D eigenvalue weighted by Gasteiger charge is 2.12. The molecule has 126 valence electrons. The van der Waals surface area contributed by atoms with Gasteiger partial charge in [0.1, 0.15) is 0 Å². The molecule has 5 heteroatoms. The monoisotopic (exact) mass is 343 g/mol. The van der Waals surface area contributed by atoms with Gasteiger partial charge in [0.15, 0.2) is 0 Å². The number of methoxy groups -OCH3 is 1. The Morgan fingerprint density at radius 2 is 1.79 bits per heavy atom. The molecule has 0 spiro atoms. The SMILES string of the molecule is COC(=O)c1ccccc1SCC(=O)NCCc1ccccc1C. The third kappa shape index (κ3) is 5.13. The van der Waals surface area contributed by atoms with Crippen molar-refractivity contribution in [2.24, 2.45) is 0 Å². The van der Waals surface area contributed by atoms with E-state index in [9.17, 15) is 9.59 Å². The van der Waals surface area contributed by atoms with Gasteiger partial charge in [0.05, 0.1) is 18.4 Å². The molecule has 0 aliphatic carbocycles. The molecule has 2 aromatic carbocycles. The number of esters is 1. The van der Waals surface area contributed by atoms with E-state index in [0.717, 1.165) is 11.3 Å². The molecule has 0 aliphatic rings. The van der Waals surface area contributed by atoms with Crippen LogP contribution < -0.4 is 5.32 Å². The van der Waals surface area contributed by atoms with Gasteiger partial charge in [-0.25, -0.2) is 4.79 Å². The van der Waals surface area contributed by atoms with E-state index in [1.54, 1.807) is 12.1 Å². The van der Waals surface area contributed by atoms with Gasteiger partial charge in [-0.15, -0.1) is 11.8 Å². The first-order valence-electron chi connectivity index (χ1n) is 7.73. The summed E-state index contributed by atoms with van der Waals surface area (Å²) in [6.07, 6.45) is 0.807. The van der Waals surface area contributed by atoms with E-state index in [2.05, 4.69) is 24.4 Å². The first kappa shape index (κ1) is 18.1. The van der Waals surface area contributed by atoms with E-state index in [4.69, 9.17) is 4.74 Å². The molecular weight excluding hydrogens is 322 g/mol. The number of carbonyl (C=O) groups is 2. The first-order chi connectivity index (χ1) is 11.6. The average Bonchev–Trinajstić information content (AvgIpc) is 2.61. The summed E-state index contributed by atoms with van der Waals surface area (Å²) < 4.78 is 4.76. The molecular formula is C19H21NO3S. The maximum absolute atomic E-state index is 12.0. The summed E-state index contributed by atoms with van der Waals surface area (Å²) in [6, 6.07) is 15.3. The second-order valence-corrected chi connectivity index (χ2v) is 6.32. The minimum atomic E-state index is -0.391. The number of rotatable bonds is 7. The summed E-state index contributed by atoms with van der Waals surface area (Å²) >= 11 is 1.34. The lowest BCUT2D eigenvalue weighted by molar-refractivity contribution is -0.118. The fourth-order valence-electron chi connectivity index (χ4n) is 2.29. The van der Waals surface area contributed by atoms with Gasteiger partial charge >= 0.3 is 5.97 Å². The van der Waals surface area contributed by atoms with Crippen molar-refractivity contribution >= 4 is 23.6 Å². The molecule has 0 saturated carbocycles. The van der Waals surface area contributed by atoms with Gasteiger partial charge < -0.3 is 10.1 Å². The largest absolute Gasteiger partial charge is 0.465 e. The predicted octanol–water partition coefficient (Wildman–Crippen LogP) is 3.23. The number of hydrogen-bond acceptors (Lipinski definition) is 4. The smallest absolute Gasteiger partial charge is 0.338 e. The molecule has 1 amide bonds. The Balaban J connectivity index is 1.82. The van der Waals surface area contributed by atoms with Crippen molar-refractivity contribution in [1.29, 1.82) is 0 Å². The van der Waals surface area contributed by atoms with Crippen LogP contribution in [0.5, 0.6) is 0 Å². The minimum absolute atomic E-state index is 0.0479. The Morgan fingerprint density at radius 3 is 2.54 bits per heavy atom. The topological polar surface area (TPSA) is 55.4 Å². The number of benzene rings is 2. The number of hydrogen-bond donors (Lipinski definition) is 1. The van der Waals surface area contributed by atoms with Crippen LogP contribution in [0.2, 0.25) is 0 Å². The average molecular weight is 343 g/mol. The molecule has 0 unspecified atom stereocenters. The molecule has 0 atom stereocenters. The molecule has 0 bridgehead atoms. The van der Waals surface area contributed by atoms with E-state index in [0.29, 0.717) is 12.1 Å². The number of ether oxygens (including phenoxy) is 1. The molecule has 2 aromatic rings. The second-order valence-electron chi connectivity index (χ2n) is 5.30. The fourth-order valence-corrected chi connectivity index (χ4v) is 3.16. The Bertz CT molecular complexity index is 715. The summed E-state index contributed by atoms with van der Waals surface area (Å²) in [7, 11) is 1.35. The van der Waals surface area contributed by atoms with Crippen molar-refractivity contribution in [3.63, 3.8) is 0 Å². The molecule has 0 aromatic heterocycles. The number of amides is 1. The standard InChI is InChI=1S/C19H21NO3S/c1-14-7-3-4-8-15(14)11-12-20-18(21)13-24-17-10-6-5-9-16(17)19(22)23-2/h3-10H,11-13H2,1-2H3,(H,20,21). The zero-order chi connectivity index (χ0) is 17.4.